The molecular formula is C23H27N3O5. The lowest BCUT2D eigenvalue weighted by Gasteiger charge is -2.37. The molecule has 2 aliphatic heterocycles. The van der Waals surface area contributed by atoms with Gasteiger partial charge >= 0.3 is 6.03 Å². The first kappa shape index (κ1) is 20.8. The van der Waals surface area contributed by atoms with Crippen LogP contribution in [0.1, 0.15) is 36.0 Å². The van der Waals surface area contributed by atoms with E-state index in [1.165, 1.54) is 7.11 Å². The minimum Gasteiger partial charge on any atom is -0.493 e. The van der Waals surface area contributed by atoms with Crippen molar-refractivity contribution >= 4 is 23.3 Å². The van der Waals surface area contributed by atoms with E-state index in [0.717, 1.165) is 32.2 Å². The Morgan fingerprint density at radius 1 is 1.00 bits per heavy atom. The highest BCUT2D eigenvalue weighted by Crippen LogP contribution is 2.32. The molecule has 4 rings (SSSR count). The van der Waals surface area contributed by atoms with E-state index in [2.05, 4.69) is 10.6 Å². The molecule has 0 bridgehead atoms. The van der Waals surface area contributed by atoms with E-state index in [4.69, 9.17) is 14.2 Å². The van der Waals surface area contributed by atoms with Gasteiger partial charge in [-0.2, -0.15) is 0 Å². The zero-order valence-corrected chi connectivity index (χ0v) is 17.8. The monoisotopic (exact) mass is 425 g/mol. The van der Waals surface area contributed by atoms with Crippen LogP contribution in [-0.2, 0) is 0 Å². The summed E-state index contributed by atoms with van der Waals surface area (Å²) in [5, 5.41) is 5.55. The molecule has 0 aliphatic carbocycles. The number of rotatable bonds is 4. The van der Waals surface area contributed by atoms with Gasteiger partial charge in [-0.25, -0.2) is 4.79 Å². The number of urea groups is 1. The number of hydrogen-bond donors (Lipinski definition) is 2. The van der Waals surface area contributed by atoms with E-state index in [1.54, 1.807) is 43.5 Å². The molecule has 0 aromatic heterocycles. The fourth-order valence-electron chi connectivity index (χ4n) is 4.14. The molecule has 1 saturated heterocycles. The molecule has 1 atom stereocenters. The molecule has 8 heteroatoms. The first-order valence-electron chi connectivity index (χ1n) is 10.5. The Kier molecular flexibility index (Phi) is 6.16. The summed E-state index contributed by atoms with van der Waals surface area (Å²) in [6.07, 6.45) is 4.01. The largest absolute Gasteiger partial charge is 0.493 e. The first-order valence-corrected chi connectivity index (χ1v) is 10.5. The predicted octanol–water partition coefficient (Wildman–Crippen LogP) is 4.13. The molecule has 3 amide bonds. The molecule has 1 fully saturated rings. The molecule has 0 radical (unpaired) electrons. The number of nitrogens with one attached hydrogen (secondary N) is 2. The van der Waals surface area contributed by atoms with Crippen molar-refractivity contribution in [3.8, 4) is 17.2 Å². The van der Waals surface area contributed by atoms with E-state index in [0.29, 0.717) is 40.8 Å². The normalized spacial score (nSPS) is 17.9. The molecule has 31 heavy (non-hydrogen) atoms. The summed E-state index contributed by atoms with van der Waals surface area (Å²) in [7, 11) is 3.08. The fourth-order valence-corrected chi connectivity index (χ4v) is 4.14. The molecule has 164 valence electrons. The van der Waals surface area contributed by atoms with E-state index in [1.807, 2.05) is 4.90 Å². The number of fused-ring (bicyclic) bond motifs is 2. The van der Waals surface area contributed by atoms with Gasteiger partial charge in [0.1, 0.15) is 5.75 Å². The van der Waals surface area contributed by atoms with Gasteiger partial charge in [-0.15, -0.1) is 0 Å². The lowest BCUT2D eigenvalue weighted by molar-refractivity contribution is 0.0548. The van der Waals surface area contributed by atoms with E-state index in [9.17, 15) is 9.59 Å². The summed E-state index contributed by atoms with van der Waals surface area (Å²) in [5.41, 5.74) is 1.55. The van der Waals surface area contributed by atoms with Gasteiger partial charge in [-0.1, -0.05) is 0 Å². The Morgan fingerprint density at radius 3 is 2.52 bits per heavy atom. The third-order valence-corrected chi connectivity index (χ3v) is 5.71. The van der Waals surface area contributed by atoms with E-state index in [-0.39, 0.29) is 11.9 Å². The quantitative estimate of drug-likeness (QED) is 0.769. The van der Waals surface area contributed by atoms with Gasteiger partial charge in [-0.05, 0) is 49.6 Å². The zero-order valence-electron chi connectivity index (χ0n) is 17.8. The molecule has 2 aromatic rings. The van der Waals surface area contributed by atoms with Crippen LogP contribution in [-0.4, -0.2) is 50.3 Å². The molecule has 0 spiro atoms. The van der Waals surface area contributed by atoms with E-state index < -0.39 is 6.03 Å². The molecule has 0 saturated carbocycles. The Bertz CT molecular complexity index is 978. The van der Waals surface area contributed by atoms with Crippen LogP contribution in [0.15, 0.2) is 36.4 Å². The third-order valence-electron chi connectivity index (χ3n) is 5.71. The van der Waals surface area contributed by atoms with Crippen LogP contribution in [0.5, 0.6) is 17.2 Å². The van der Waals surface area contributed by atoms with Crippen molar-refractivity contribution in [2.24, 2.45) is 0 Å². The SMILES string of the molecule is COc1ccc(NC(=O)Nc2ccc3c(c2)C(=O)N2CCCCC2CCO3)cc1OC. The second-order valence-corrected chi connectivity index (χ2v) is 7.65. The Balaban J connectivity index is 1.50. The van der Waals surface area contributed by atoms with Crippen molar-refractivity contribution in [2.75, 3.05) is 38.0 Å². The summed E-state index contributed by atoms with van der Waals surface area (Å²) in [4.78, 5) is 27.6. The number of amides is 3. The fraction of sp³-hybridized carbons (Fsp3) is 0.391. The van der Waals surface area contributed by atoms with Gasteiger partial charge in [0.2, 0.25) is 0 Å². The number of benzene rings is 2. The van der Waals surface area contributed by atoms with Crippen molar-refractivity contribution in [1.82, 2.24) is 4.90 Å². The minimum absolute atomic E-state index is 0.0386. The zero-order chi connectivity index (χ0) is 21.8. The second kappa shape index (κ2) is 9.16. The first-order chi connectivity index (χ1) is 15.1. The summed E-state index contributed by atoms with van der Waals surface area (Å²) < 4.78 is 16.3. The number of carbonyl (C=O) groups is 2. The number of nitrogens with zero attached hydrogens (tertiary/aromatic N) is 1. The topological polar surface area (TPSA) is 89.1 Å². The van der Waals surface area contributed by atoms with Crippen molar-refractivity contribution < 1.29 is 23.8 Å². The van der Waals surface area contributed by atoms with Gasteiger partial charge in [0.15, 0.2) is 11.5 Å². The third kappa shape index (κ3) is 4.52. The molecular weight excluding hydrogens is 398 g/mol. The van der Waals surface area contributed by atoms with Crippen LogP contribution in [0.25, 0.3) is 0 Å². The number of ether oxygens (including phenoxy) is 3. The van der Waals surface area contributed by atoms with Crippen LogP contribution in [0.3, 0.4) is 0 Å². The van der Waals surface area contributed by atoms with Crippen molar-refractivity contribution in [3.63, 3.8) is 0 Å². The van der Waals surface area contributed by atoms with Crippen LogP contribution < -0.4 is 24.8 Å². The lowest BCUT2D eigenvalue weighted by atomic mass is 9.97. The molecule has 2 aromatic carbocycles. The molecule has 2 heterocycles. The van der Waals surface area contributed by atoms with Crippen LogP contribution in [0, 0.1) is 0 Å². The number of hydrogen-bond acceptors (Lipinski definition) is 5. The van der Waals surface area contributed by atoms with Crippen molar-refractivity contribution in [2.45, 2.75) is 31.7 Å². The molecule has 2 N–H and O–H groups in total. The van der Waals surface area contributed by atoms with Gasteiger partial charge in [0.05, 0.1) is 26.4 Å². The van der Waals surface area contributed by atoms with Crippen LogP contribution in [0.2, 0.25) is 0 Å². The smallest absolute Gasteiger partial charge is 0.323 e. The number of carbonyl (C=O) groups excluding carboxylic acids is 2. The second-order valence-electron chi connectivity index (χ2n) is 7.65. The van der Waals surface area contributed by atoms with Gasteiger partial charge in [0.25, 0.3) is 5.91 Å². The molecule has 1 unspecified atom stereocenters. The number of piperidine rings is 1. The van der Waals surface area contributed by atoms with Crippen molar-refractivity contribution in [3.05, 3.63) is 42.0 Å². The number of anilines is 2. The lowest BCUT2D eigenvalue weighted by Crippen LogP contribution is -2.45. The highest BCUT2D eigenvalue weighted by atomic mass is 16.5. The summed E-state index contributed by atoms with van der Waals surface area (Å²) in [6.45, 7) is 1.34. The highest BCUT2D eigenvalue weighted by Gasteiger charge is 2.31. The maximum atomic E-state index is 13.2. The predicted molar refractivity (Wildman–Crippen MR) is 117 cm³/mol. The van der Waals surface area contributed by atoms with Crippen LogP contribution in [0.4, 0.5) is 16.2 Å². The highest BCUT2D eigenvalue weighted by molar-refractivity contribution is 6.02. The summed E-state index contributed by atoms with van der Waals surface area (Å²) in [6, 6.07) is 10.1. The van der Waals surface area contributed by atoms with E-state index >= 15 is 0 Å². The van der Waals surface area contributed by atoms with Gasteiger partial charge in [0, 0.05) is 36.4 Å². The maximum absolute atomic E-state index is 13.2. The molecule has 8 nitrogen and oxygen atoms in total. The standard InChI is InChI=1S/C23H27N3O5/c1-29-20-9-7-16(14-21(20)30-2)25-23(28)24-15-6-8-19-18(13-15)22(27)26-11-4-3-5-17(26)10-12-31-19/h6-9,13-14,17H,3-5,10-12H2,1-2H3,(H2,24,25,28). The molecule has 2 aliphatic rings. The Labute approximate surface area is 181 Å². The van der Waals surface area contributed by atoms with Gasteiger partial charge in [-0.3, -0.25) is 4.79 Å². The maximum Gasteiger partial charge on any atom is 0.323 e. The van der Waals surface area contributed by atoms with Crippen LogP contribution >= 0.6 is 0 Å². The summed E-state index contributed by atoms with van der Waals surface area (Å²) >= 11 is 0. The van der Waals surface area contributed by atoms with Crippen molar-refractivity contribution in [1.29, 1.82) is 0 Å². The average molecular weight is 425 g/mol. The average Bonchev–Trinajstić information content (AvgIpc) is 2.78. The number of methoxy groups -OCH3 is 2. The Morgan fingerprint density at radius 2 is 1.74 bits per heavy atom. The minimum atomic E-state index is -0.428. The van der Waals surface area contributed by atoms with Gasteiger partial charge < -0.3 is 29.7 Å². The summed E-state index contributed by atoms with van der Waals surface area (Å²) in [5.74, 6) is 1.60. The Hall–Kier alpha value is -3.42.